The van der Waals surface area contributed by atoms with E-state index in [1.54, 1.807) is 113 Å². The second-order valence-corrected chi connectivity index (χ2v) is 41.0. The van der Waals surface area contributed by atoms with Crippen molar-refractivity contribution >= 4 is 81.9 Å². The van der Waals surface area contributed by atoms with Crippen LogP contribution < -0.4 is 9.47 Å². The van der Waals surface area contributed by atoms with E-state index in [0.29, 0.717) is 78.5 Å². The first-order valence-electron chi connectivity index (χ1n) is 46.4. The SMILES string of the molecule is Cc1cc(C2(C)CCCc3nc(SCc4c(F)cccc4Cl)n(-c4ccc(F)cc4)c32)ccc1Cl.Cc1cc(F)c(CSc2nc3c(n2-c2ccc(F)cc2)C(c2ccc(F)c(C)c2)CCC3)c(F)c1.Cc1cc(F)c(CSc2nc3c(n2-c2ccc(F)cc2)C(c2ccc(F)c(C)c2)CCC3)c(F)c1.Fc1ccc(-n2c(SCc3c(F)cccc3Cl)nc3c2C(c2ccc4c(c2)OCCO4)CCC3)cc1. The molecule has 4 aliphatic carbocycles. The first kappa shape index (κ1) is 99.6. The molecule has 0 fully saturated rings. The van der Waals surface area contributed by atoms with E-state index in [9.17, 15) is 52.7 Å². The van der Waals surface area contributed by atoms with E-state index in [2.05, 4.69) is 40.3 Å². The zero-order valence-corrected chi connectivity index (χ0v) is 83.1. The molecule has 12 aromatic carbocycles. The third kappa shape index (κ3) is 21.6. The van der Waals surface area contributed by atoms with Crippen molar-refractivity contribution in [2.45, 2.75) is 185 Å². The summed E-state index contributed by atoms with van der Waals surface area (Å²) in [6, 6.07) is 62.4. The Kier molecular flexibility index (Phi) is 30.6. The summed E-state index contributed by atoms with van der Waals surface area (Å²) in [4.78, 5) is 19.8. The number of fused-ring (bicyclic) bond motifs is 5. The quantitative estimate of drug-likeness (QED) is 0.0543. The van der Waals surface area contributed by atoms with E-state index in [1.807, 2.05) is 40.3 Å². The fraction of sp³-hybridized carbons (Fsp3) is 0.250. The van der Waals surface area contributed by atoms with Gasteiger partial charge in [-0.25, -0.2) is 72.6 Å². The lowest BCUT2D eigenvalue weighted by Crippen LogP contribution is -2.31. The molecule has 1 aliphatic heterocycles. The van der Waals surface area contributed by atoms with Crippen molar-refractivity contribution < 1.29 is 62.2 Å². The maximum Gasteiger partial charge on any atom is 0.173 e. The van der Waals surface area contributed by atoms with Gasteiger partial charge in [0, 0.05) is 106 Å². The number of imidazole rings is 4. The number of ether oxygens (including phenoxy) is 2. The predicted octanol–water partition coefficient (Wildman–Crippen LogP) is 31.6. The minimum atomic E-state index is -0.584. The van der Waals surface area contributed by atoms with Gasteiger partial charge in [0.1, 0.15) is 83.0 Å². The van der Waals surface area contributed by atoms with Crippen LogP contribution in [-0.4, -0.2) is 51.4 Å². The third-order valence-corrected chi connectivity index (χ3v) is 31.5. The predicted molar refractivity (Wildman–Crippen MR) is 537 cm³/mol. The Bertz CT molecular complexity index is 7040. The number of aromatic nitrogens is 8. The standard InChI is InChI=1S/C28H24Cl2F2N2S.C28H23ClF2N2O2S.2C28H24F4N2S/c1-17-15-18(8-13-22(17)29)28(2)14-4-7-25-26(28)34(20-11-9-19(31)10-12-20)27(33-25)35-16-21-23(30)5-3-6-24(21)32;29-22-4-2-5-23(31)21(22)16-36-28-32-24-6-1-3-20(17-7-12-25-26(15-17)35-14-13-34-25)27(24)33(28)19-10-8-18(30)9-11-19;2*1-16-12-24(31)22(25(32)13-16)15-35-28-33-26-5-3-4-21(18-6-11-23(30)17(2)14-18)27(26)34(28)20-9-7-19(29)8-10-20/h3,5-6,8-13,15H,4,7,14,16H2,1-2H3;2,4-5,7-12,15,20H,1,3,6,13-14,16H2;2*6-14,21H,3-5,15H2,1-2H3. The Morgan fingerprint density at radius 1 is 0.326 bits per heavy atom. The average Bonchev–Trinajstić information content (AvgIpc) is 1.31. The molecule has 5 aliphatic rings. The molecule has 10 nitrogen and oxygen atoms in total. The van der Waals surface area contributed by atoms with Crippen molar-refractivity contribution in [2.75, 3.05) is 13.2 Å². The van der Waals surface area contributed by atoms with Gasteiger partial charge in [0.05, 0.1) is 45.6 Å². The second kappa shape index (κ2) is 43.4. The van der Waals surface area contributed by atoms with Crippen LogP contribution in [0.15, 0.2) is 251 Å². The molecule has 0 saturated carbocycles. The molecule has 29 heteroatoms. The van der Waals surface area contributed by atoms with Gasteiger partial charge in [0.25, 0.3) is 0 Å². The van der Waals surface area contributed by atoms with Gasteiger partial charge in [0.2, 0.25) is 0 Å². The molecular weight excluding hydrogens is 1950 g/mol. The van der Waals surface area contributed by atoms with Gasteiger partial charge in [-0.3, -0.25) is 18.3 Å². The van der Waals surface area contributed by atoms with Crippen LogP contribution in [0.4, 0.5) is 52.7 Å². The molecule has 16 aromatic rings. The summed E-state index contributed by atoms with van der Waals surface area (Å²) in [5.74, 6) is -2.51. The number of hydrogen-bond acceptors (Lipinski definition) is 10. The topological polar surface area (TPSA) is 89.7 Å². The molecule has 724 valence electrons. The summed E-state index contributed by atoms with van der Waals surface area (Å²) in [5, 5.41) is 4.16. The zero-order valence-electron chi connectivity index (χ0n) is 77.6. The van der Waals surface area contributed by atoms with Crippen LogP contribution in [-0.2, 0) is 54.1 Å². The largest absolute Gasteiger partial charge is 0.486 e. The van der Waals surface area contributed by atoms with Crippen LogP contribution >= 0.6 is 81.9 Å². The molecule has 0 radical (unpaired) electrons. The van der Waals surface area contributed by atoms with Crippen LogP contribution in [0.5, 0.6) is 11.5 Å². The summed E-state index contributed by atoms with van der Waals surface area (Å²) in [5.41, 5.74) is 19.0. The number of halogens is 15. The highest BCUT2D eigenvalue weighted by Gasteiger charge is 2.41. The van der Waals surface area contributed by atoms with Gasteiger partial charge in [-0.05, 0) is 345 Å². The number of thioether (sulfide) groups is 4. The van der Waals surface area contributed by atoms with Crippen LogP contribution in [0.1, 0.15) is 194 Å². The molecule has 0 N–H and O–H groups in total. The third-order valence-electron chi connectivity index (χ3n) is 26.5. The van der Waals surface area contributed by atoms with Crippen molar-refractivity contribution in [1.82, 2.24) is 38.2 Å². The van der Waals surface area contributed by atoms with E-state index >= 15 is 0 Å². The molecule has 4 unspecified atom stereocenters. The Morgan fingerprint density at radius 3 is 1.06 bits per heavy atom. The summed E-state index contributed by atoms with van der Waals surface area (Å²) < 4.78 is 190. The van der Waals surface area contributed by atoms with Gasteiger partial charge in [-0.2, -0.15) is 0 Å². The normalized spacial score (nSPS) is 16.2. The van der Waals surface area contributed by atoms with Gasteiger partial charge in [0.15, 0.2) is 32.1 Å². The van der Waals surface area contributed by atoms with E-state index in [1.165, 1.54) is 144 Å². The lowest BCUT2D eigenvalue weighted by molar-refractivity contribution is 0.171. The maximum absolute atomic E-state index is 14.5. The molecule has 0 spiro atoms. The molecule has 0 amide bonds. The highest BCUT2D eigenvalue weighted by atomic mass is 35.5. The molecule has 0 bridgehead atoms. The van der Waals surface area contributed by atoms with E-state index in [4.69, 9.17) is 64.2 Å². The maximum atomic E-state index is 14.5. The van der Waals surface area contributed by atoms with Crippen molar-refractivity contribution in [3.8, 4) is 34.2 Å². The molecule has 141 heavy (non-hydrogen) atoms. The fourth-order valence-electron chi connectivity index (χ4n) is 19.4. The highest BCUT2D eigenvalue weighted by Crippen LogP contribution is 2.51. The van der Waals surface area contributed by atoms with Gasteiger partial charge in [-0.15, -0.1) is 0 Å². The van der Waals surface area contributed by atoms with Gasteiger partial charge in [-0.1, -0.05) is 136 Å². The molecule has 21 rings (SSSR count). The molecule has 4 atom stereocenters. The highest BCUT2D eigenvalue weighted by molar-refractivity contribution is 7.99. The first-order valence-corrected chi connectivity index (χ1v) is 51.5. The van der Waals surface area contributed by atoms with E-state index in [-0.39, 0.29) is 92.3 Å². The van der Waals surface area contributed by atoms with Crippen LogP contribution in [0.25, 0.3) is 22.7 Å². The summed E-state index contributed by atoms with van der Waals surface area (Å²) >= 11 is 24.3. The number of aryl methyl sites for hydroxylation is 9. The molecule has 5 heterocycles. The van der Waals surface area contributed by atoms with Crippen LogP contribution in [0, 0.1) is 104 Å². The monoisotopic (exact) mass is 2040 g/mol. The van der Waals surface area contributed by atoms with Gasteiger partial charge >= 0.3 is 0 Å². The lowest BCUT2D eigenvalue weighted by Gasteiger charge is -2.36. The minimum absolute atomic E-state index is 0.00191. The molecule has 0 saturated heterocycles. The zero-order chi connectivity index (χ0) is 98.8. The fourth-order valence-corrected chi connectivity index (χ4v) is 24.4. The molecular formula is C112H95Cl3F12N8O2S4. The number of benzene rings is 12. The smallest absolute Gasteiger partial charge is 0.173 e. The first-order chi connectivity index (χ1) is 68.0. The van der Waals surface area contributed by atoms with Crippen molar-refractivity contribution in [3.63, 3.8) is 0 Å². The Morgan fingerprint density at radius 2 is 0.674 bits per heavy atom. The van der Waals surface area contributed by atoms with Crippen LogP contribution in [0.2, 0.25) is 15.1 Å². The number of hydrogen-bond donors (Lipinski definition) is 0. The Hall–Kier alpha value is -11.5. The average molecular weight is 2050 g/mol. The Balaban J connectivity index is 0.000000124. The Labute approximate surface area is 842 Å². The summed E-state index contributed by atoms with van der Waals surface area (Å²) in [6.07, 6.45) is 10.7. The molecule has 4 aromatic heterocycles. The van der Waals surface area contributed by atoms with Crippen molar-refractivity contribution in [2.24, 2.45) is 0 Å². The van der Waals surface area contributed by atoms with E-state index in [0.717, 1.165) is 200 Å². The van der Waals surface area contributed by atoms with Crippen molar-refractivity contribution in [1.29, 1.82) is 0 Å². The van der Waals surface area contributed by atoms with E-state index < -0.39 is 23.3 Å². The summed E-state index contributed by atoms with van der Waals surface area (Å²) in [7, 11) is 0. The minimum Gasteiger partial charge on any atom is -0.486 e. The second-order valence-electron chi connectivity index (χ2n) is 36.0. The summed E-state index contributed by atoms with van der Waals surface area (Å²) in [6.45, 7) is 12.1. The lowest BCUT2D eigenvalue weighted by atomic mass is 9.71. The number of rotatable bonds is 20. The van der Waals surface area contributed by atoms with Crippen molar-refractivity contribution in [3.05, 3.63) is 433 Å². The number of nitrogens with zero attached hydrogens (tertiary/aromatic N) is 8. The van der Waals surface area contributed by atoms with Crippen LogP contribution in [0.3, 0.4) is 0 Å². The van der Waals surface area contributed by atoms with Gasteiger partial charge < -0.3 is 9.47 Å².